The summed E-state index contributed by atoms with van der Waals surface area (Å²) >= 11 is 0. The van der Waals surface area contributed by atoms with E-state index in [9.17, 15) is 4.79 Å². The zero-order chi connectivity index (χ0) is 13.2. The van der Waals surface area contributed by atoms with Gasteiger partial charge in [-0.05, 0) is 12.1 Å². The molecule has 1 aromatic carbocycles. The second-order valence-corrected chi connectivity index (χ2v) is 3.62. The molecule has 0 aliphatic rings. The molecule has 3 aromatic rings. The highest BCUT2D eigenvalue weighted by Crippen LogP contribution is 2.25. The van der Waals surface area contributed by atoms with Gasteiger partial charge < -0.3 is 9.52 Å². The van der Waals surface area contributed by atoms with Gasteiger partial charge in [-0.25, -0.2) is 4.79 Å². The first-order valence-electron chi connectivity index (χ1n) is 5.28. The molecule has 0 aliphatic carbocycles. The Hall–Kier alpha value is -3.03. The molecule has 0 fully saturated rings. The van der Waals surface area contributed by atoms with Crippen LogP contribution in [0.3, 0.4) is 0 Å². The summed E-state index contributed by atoms with van der Waals surface area (Å²) < 4.78 is 5.40. The molecule has 19 heavy (non-hydrogen) atoms. The molecule has 0 aliphatic heterocycles. The topological polar surface area (TPSA) is 118 Å². The molecule has 0 saturated heterocycles. The summed E-state index contributed by atoms with van der Waals surface area (Å²) in [6.07, 6.45) is 1.43. The maximum Gasteiger partial charge on any atom is 0.336 e. The number of hydrogen-bond acceptors (Lipinski definition) is 6. The van der Waals surface area contributed by atoms with Crippen LogP contribution < -0.4 is 0 Å². The Labute approximate surface area is 106 Å². The Balaban J connectivity index is 2.06. The van der Waals surface area contributed by atoms with E-state index in [0.29, 0.717) is 11.3 Å². The number of aromatic amines is 1. The molecule has 8 heteroatoms. The quantitative estimate of drug-likeness (QED) is 0.724. The summed E-state index contributed by atoms with van der Waals surface area (Å²) in [5.74, 6) is -0.767. The molecule has 0 atom stereocenters. The fourth-order valence-electron chi connectivity index (χ4n) is 1.60. The number of hydrogen-bond donors (Lipinski definition) is 2. The molecule has 3 rings (SSSR count). The van der Waals surface area contributed by atoms with E-state index in [4.69, 9.17) is 9.52 Å². The standard InChI is InChI=1S/C11H7N5O3/c17-11(18)7-4-2-1-3-6(7)9-14-15-10(19-9)8-5-12-16-13-8/h1-5H,(H,17,18)(H,12,13,16). The van der Waals surface area contributed by atoms with Gasteiger partial charge >= 0.3 is 5.97 Å². The maximum atomic E-state index is 11.1. The number of benzene rings is 1. The third-order valence-electron chi connectivity index (χ3n) is 2.45. The first kappa shape index (κ1) is 11.1. The third-order valence-corrected chi connectivity index (χ3v) is 2.45. The van der Waals surface area contributed by atoms with Gasteiger partial charge in [-0.2, -0.15) is 15.4 Å². The zero-order valence-corrected chi connectivity index (χ0v) is 9.44. The third kappa shape index (κ3) is 1.95. The van der Waals surface area contributed by atoms with Crippen molar-refractivity contribution in [2.24, 2.45) is 0 Å². The summed E-state index contributed by atoms with van der Waals surface area (Å²) in [4.78, 5) is 11.1. The fraction of sp³-hybridized carbons (Fsp3) is 0. The second-order valence-electron chi connectivity index (χ2n) is 3.62. The van der Waals surface area contributed by atoms with Gasteiger partial charge in [-0.3, -0.25) is 0 Å². The van der Waals surface area contributed by atoms with Crippen LogP contribution >= 0.6 is 0 Å². The van der Waals surface area contributed by atoms with Crippen LogP contribution in [0, 0.1) is 0 Å². The SMILES string of the molecule is O=C(O)c1ccccc1-c1nnc(-c2cn[nH]n2)o1. The first-order chi connectivity index (χ1) is 9.25. The van der Waals surface area contributed by atoms with Gasteiger partial charge in [0, 0.05) is 0 Å². The van der Waals surface area contributed by atoms with Crippen molar-refractivity contribution >= 4 is 5.97 Å². The molecule has 0 radical (unpaired) electrons. The highest BCUT2D eigenvalue weighted by atomic mass is 16.4. The van der Waals surface area contributed by atoms with Crippen LogP contribution in [0.1, 0.15) is 10.4 Å². The molecular weight excluding hydrogens is 250 g/mol. The van der Waals surface area contributed by atoms with E-state index in [2.05, 4.69) is 25.6 Å². The number of nitrogens with zero attached hydrogens (tertiary/aromatic N) is 4. The van der Waals surface area contributed by atoms with E-state index in [-0.39, 0.29) is 17.3 Å². The van der Waals surface area contributed by atoms with E-state index in [1.54, 1.807) is 18.2 Å². The van der Waals surface area contributed by atoms with Gasteiger partial charge in [0.05, 0.1) is 17.3 Å². The Morgan fingerprint density at radius 3 is 2.74 bits per heavy atom. The van der Waals surface area contributed by atoms with Crippen LogP contribution in [0.2, 0.25) is 0 Å². The van der Waals surface area contributed by atoms with Gasteiger partial charge in [0.15, 0.2) is 5.69 Å². The molecule has 8 nitrogen and oxygen atoms in total. The van der Waals surface area contributed by atoms with Crippen LogP contribution in [0.5, 0.6) is 0 Å². The van der Waals surface area contributed by atoms with Crippen molar-refractivity contribution in [2.45, 2.75) is 0 Å². The van der Waals surface area contributed by atoms with E-state index < -0.39 is 5.97 Å². The average Bonchev–Trinajstić information content (AvgIpc) is 3.09. The Bertz CT molecular complexity index is 720. The van der Waals surface area contributed by atoms with E-state index in [0.717, 1.165) is 0 Å². The average molecular weight is 257 g/mol. The van der Waals surface area contributed by atoms with Gasteiger partial charge in [0.2, 0.25) is 5.89 Å². The molecule has 0 amide bonds. The molecule has 0 unspecified atom stereocenters. The van der Waals surface area contributed by atoms with Gasteiger partial charge in [0.1, 0.15) is 0 Å². The predicted octanol–water partition coefficient (Wildman–Crippen LogP) is 1.22. The lowest BCUT2D eigenvalue weighted by Gasteiger charge is -1.99. The van der Waals surface area contributed by atoms with Crippen LogP contribution in [-0.2, 0) is 0 Å². The van der Waals surface area contributed by atoms with Crippen molar-refractivity contribution in [1.82, 2.24) is 25.6 Å². The largest absolute Gasteiger partial charge is 0.478 e. The highest BCUT2D eigenvalue weighted by Gasteiger charge is 2.17. The lowest BCUT2D eigenvalue weighted by molar-refractivity contribution is 0.0697. The number of carboxylic acids is 1. The lowest BCUT2D eigenvalue weighted by Crippen LogP contribution is -1.98. The van der Waals surface area contributed by atoms with Gasteiger partial charge in [0.25, 0.3) is 5.89 Å². The van der Waals surface area contributed by atoms with Crippen molar-refractivity contribution in [3.05, 3.63) is 36.0 Å². The van der Waals surface area contributed by atoms with Crippen molar-refractivity contribution in [2.75, 3.05) is 0 Å². The fourth-order valence-corrected chi connectivity index (χ4v) is 1.60. The molecule has 94 valence electrons. The van der Waals surface area contributed by atoms with Crippen molar-refractivity contribution in [1.29, 1.82) is 0 Å². The molecule has 0 bridgehead atoms. The van der Waals surface area contributed by atoms with Crippen LogP contribution in [-0.4, -0.2) is 36.7 Å². The monoisotopic (exact) mass is 257 g/mol. The lowest BCUT2D eigenvalue weighted by atomic mass is 10.1. The molecule has 2 N–H and O–H groups in total. The van der Waals surface area contributed by atoms with Gasteiger partial charge in [-0.1, -0.05) is 12.1 Å². The zero-order valence-electron chi connectivity index (χ0n) is 9.44. The summed E-state index contributed by atoms with van der Waals surface area (Å²) in [5.41, 5.74) is 0.849. The number of aromatic carboxylic acids is 1. The number of carbonyl (C=O) groups is 1. The number of aromatic nitrogens is 5. The van der Waals surface area contributed by atoms with E-state index in [1.807, 2.05) is 0 Å². The molecule has 2 heterocycles. The minimum absolute atomic E-state index is 0.0952. The van der Waals surface area contributed by atoms with Crippen molar-refractivity contribution < 1.29 is 14.3 Å². The molecule has 0 spiro atoms. The molecule has 0 saturated carbocycles. The van der Waals surface area contributed by atoms with Crippen LogP contribution in [0.4, 0.5) is 0 Å². The molecular formula is C11H7N5O3. The summed E-state index contributed by atoms with van der Waals surface area (Å²) in [7, 11) is 0. The minimum Gasteiger partial charge on any atom is -0.478 e. The Kier molecular flexibility index (Phi) is 2.53. The molecule has 2 aromatic heterocycles. The normalized spacial score (nSPS) is 10.5. The number of nitrogens with one attached hydrogen (secondary N) is 1. The van der Waals surface area contributed by atoms with Crippen molar-refractivity contribution in [3.63, 3.8) is 0 Å². The predicted molar refractivity (Wildman–Crippen MR) is 62.1 cm³/mol. The highest BCUT2D eigenvalue weighted by molar-refractivity contribution is 5.94. The first-order valence-corrected chi connectivity index (χ1v) is 5.28. The van der Waals surface area contributed by atoms with Crippen LogP contribution in [0.15, 0.2) is 34.9 Å². The van der Waals surface area contributed by atoms with E-state index in [1.165, 1.54) is 12.3 Å². The summed E-state index contributed by atoms with van der Waals surface area (Å²) in [6.45, 7) is 0. The van der Waals surface area contributed by atoms with Crippen molar-refractivity contribution in [3.8, 4) is 23.0 Å². The summed E-state index contributed by atoms with van der Waals surface area (Å²) in [5, 5.41) is 26.6. The van der Waals surface area contributed by atoms with Gasteiger partial charge in [-0.15, -0.1) is 10.2 Å². The number of H-pyrrole nitrogens is 1. The minimum atomic E-state index is -1.06. The number of rotatable bonds is 3. The van der Waals surface area contributed by atoms with Crippen LogP contribution in [0.25, 0.3) is 23.0 Å². The van der Waals surface area contributed by atoms with E-state index >= 15 is 0 Å². The Morgan fingerprint density at radius 2 is 2.00 bits per heavy atom. The summed E-state index contributed by atoms with van der Waals surface area (Å²) in [6, 6.07) is 6.39. The number of carboxylic acid groups (broad SMARTS) is 1. The maximum absolute atomic E-state index is 11.1. The smallest absolute Gasteiger partial charge is 0.336 e. The Morgan fingerprint density at radius 1 is 1.21 bits per heavy atom. The second kappa shape index (κ2) is 4.33.